The second kappa shape index (κ2) is 10.5. The Morgan fingerprint density at radius 1 is 1.27 bits per heavy atom. The van der Waals surface area contributed by atoms with Gasteiger partial charge in [-0.05, 0) is 36.4 Å². The van der Waals surface area contributed by atoms with E-state index in [1.165, 1.54) is 23.1 Å². The van der Waals surface area contributed by atoms with Crippen LogP contribution < -0.4 is 20.3 Å². The van der Waals surface area contributed by atoms with Gasteiger partial charge in [0.1, 0.15) is 11.5 Å². The van der Waals surface area contributed by atoms with E-state index in [0.29, 0.717) is 27.5 Å². The molecule has 172 valence electrons. The quantitative estimate of drug-likeness (QED) is 0.348. The van der Waals surface area contributed by atoms with Gasteiger partial charge in [-0.2, -0.15) is 0 Å². The van der Waals surface area contributed by atoms with E-state index in [0.717, 1.165) is 5.69 Å². The summed E-state index contributed by atoms with van der Waals surface area (Å²) in [5.41, 5.74) is 0.719. The molecule has 12 heteroatoms. The molecule has 4 rings (SSSR count). The molecule has 0 spiro atoms. The summed E-state index contributed by atoms with van der Waals surface area (Å²) in [4.78, 5) is 38.6. The number of aromatic nitrogens is 2. The van der Waals surface area contributed by atoms with Crippen molar-refractivity contribution >= 4 is 51.6 Å². The SMILES string of the molecule is COc1ccc(N2C[C@@H](C(=O)Nc3nnc(SCC(=O)NCc4ccco4)s3)CC2=O)cc1. The Balaban J connectivity index is 1.25. The van der Waals surface area contributed by atoms with Crippen molar-refractivity contribution < 1.29 is 23.5 Å². The van der Waals surface area contributed by atoms with Gasteiger partial charge in [0.25, 0.3) is 0 Å². The second-order valence-electron chi connectivity index (χ2n) is 7.11. The standard InChI is InChI=1S/C21H21N5O5S2/c1-30-15-6-4-14(5-7-15)26-11-13(9-18(26)28)19(29)23-20-24-25-21(33-20)32-12-17(27)22-10-16-3-2-8-31-16/h2-8,13H,9-12H2,1H3,(H,22,27)(H,23,24,29)/t13-/m0/s1. The summed E-state index contributed by atoms with van der Waals surface area (Å²) in [7, 11) is 1.57. The summed E-state index contributed by atoms with van der Waals surface area (Å²) in [6.45, 7) is 0.602. The Bertz CT molecular complexity index is 1120. The smallest absolute Gasteiger partial charge is 0.231 e. The number of nitrogens with one attached hydrogen (secondary N) is 2. The maximum atomic E-state index is 12.7. The zero-order valence-corrected chi connectivity index (χ0v) is 19.3. The van der Waals surface area contributed by atoms with Gasteiger partial charge >= 0.3 is 0 Å². The number of benzene rings is 1. The van der Waals surface area contributed by atoms with Gasteiger partial charge in [0.15, 0.2) is 4.34 Å². The lowest BCUT2D eigenvalue weighted by Gasteiger charge is -2.16. The van der Waals surface area contributed by atoms with Crippen molar-refractivity contribution in [1.29, 1.82) is 0 Å². The largest absolute Gasteiger partial charge is 0.497 e. The maximum Gasteiger partial charge on any atom is 0.231 e. The minimum Gasteiger partial charge on any atom is -0.497 e. The zero-order chi connectivity index (χ0) is 23.2. The van der Waals surface area contributed by atoms with Gasteiger partial charge in [0.05, 0.1) is 31.6 Å². The first-order chi connectivity index (χ1) is 16.0. The van der Waals surface area contributed by atoms with Crippen LogP contribution in [-0.4, -0.2) is 47.3 Å². The Labute approximate surface area is 197 Å². The van der Waals surface area contributed by atoms with Crippen LogP contribution >= 0.6 is 23.1 Å². The van der Waals surface area contributed by atoms with Crippen LogP contribution in [0.1, 0.15) is 12.2 Å². The van der Waals surface area contributed by atoms with E-state index < -0.39 is 5.92 Å². The minimum absolute atomic E-state index is 0.116. The van der Waals surface area contributed by atoms with E-state index in [-0.39, 0.29) is 36.4 Å². The summed E-state index contributed by atoms with van der Waals surface area (Å²) in [6.07, 6.45) is 1.67. The molecular formula is C21H21N5O5S2. The van der Waals surface area contributed by atoms with Gasteiger partial charge in [0.2, 0.25) is 22.9 Å². The van der Waals surface area contributed by atoms with Crippen LogP contribution in [0.25, 0.3) is 0 Å². The first-order valence-corrected chi connectivity index (χ1v) is 11.8. The number of rotatable bonds is 9. The van der Waals surface area contributed by atoms with E-state index >= 15 is 0 Å². The monoisotopic (exact) mass is 487 g/mol. The minimum atomic E-state index is -0.494. The van der Waals surface area contributed by atoms with Crippen LogP contribution in [-0.2, 0) is 20.9 Å². The molecule has 0 radical (unpaired) electrons. The fourth-order valence-electron chi connectivity index (χ4n) is 3.20. The number of hydrogen-bond acceptors (Lipinski definition) is 9. The average molecular weight is 488 g/mol. The zero-order valence-electron chi connectivity index (χ0n) is 17.6. The number of carbonyl (C=O) groups excluding carboxylic acids is 3. The second-order valence-corrected chi connectivity index (χ2v) is 9.31. The van der Waals surface area contributed by atoms with E-state index in [1.807, 2.05) is 0 Å². The fourth-order valence-corrected chi connectivity index (χ4v) is 4.78. The lowest BCUT2D eigenvalue weighted by Crippen LogP contribution is -2.28. The first kappa shape index (κ1) is 22.8. The number of methoxy groups -OCH3 is 1. The average Bonchev–Trinajstić information content (AvgIpc) is 3.58. The lowest BCUT2D eigenvalue weighted by atomic mass is 10.1. The highest BCUT2D eigenvalue weighted by Crippen LogP contribution is 2.29. The molecular weight excluding hydrogens is 466 g/mol. The summed E-state index contributed by atoms with van der Waals surface area (Å²) < 4.78 is 10.9. The topological polar surface area (TPSA) is 127 Å². The van der Waals surface area contributed by atoms with Crippen molar-refractivity contribution in [3.63, 3.8) is 0 Å². The molecule has 0 aliphatic carbocycles. The molecule has 1 fully saturated rings. The van der Waals surface area contributed by atoms with Gasteiger partial charge in [-0.3, -0.25) is 14.4 Å². The van der Waals surface area contributed by atoms with E-state index in [1.54, 1.807) is 54.7 Å². The van der Waals surface area contributed by atoms with Crippen molar-refractivity contribution in [2.45, 2.75) is 17.3 Å². The van der Waals surface area contributed by atoms with Crippen LogP contribution in [0, 0.1) is 5.92 Å². The predicted octanol–water partition coefficient (Wildman–Crippen LogP) is 2.54. The maximum absolute atomic E-state index is 12.7. The molecule has 2 aromatic heterocycles. The molecule has 1 atom stereocenters. The molecule has 1 aliphatic heterocycles. The van der Waals surface area contributed by atoms with Gasteiger partial charge in [0, 0.05) is 18.7 Å². The molecule has 0 saturated carbocycles. The van der Waals surface area contributed by atoms with Crippen LogP contribution in [0.5, 0.6) is 5.75 Å². The van der Waals surface area contributed by atoms with Gasteiger partial charge in [-0.1, -0.05) is 23.1 Å². The summed E-state index contributed by atoms with van der Waals surface area (Å²) >= 11 is 2.40. The number of thioether (sulfide) groups is 1. The van der Waals surface area contributed by atoms with Crippen LogP contribution in [0.3, 0.4) is 0 Å². The fraction of sp³-hybridized carbons (Fsp3) is 0.286. The Kier molecular flexibility index (Phi) is 7.25. The highest BCUT2D eigenvalue weighted by Gasteiger charge is 2.35. The summed E-state index contributed by atoms with van der Waals surface area (Å²) in [5.74, 6) is 0.465. The third-order valence-electron chi connectivity index (χ3n) is 4.88. The van der Waals surface area contributed by atoms with E-state index in [9.17, 15) is 14.4 Å². The van der Waals surface area contributed by atoms with Crippen molar-refractivity contribution in [3.05, 3.63) is 48.4 Å². The molecule has 2 N–H and O–H groups in total. The summed E-state index contributed by atoms with van der Waals surface area (Å²) in [5, 5.41) is 13.8. The highest BCUT2D eigenvalue weighted by molar-refractivity contribution is 8.01. The number of nitrogens with zero attached hydrogens (tertiary/aromatic N) is 3. The van der Waals surface area contributed by atoms with Gasteiger partial charge < -0.3 is 24.7 Å². The molecule has 0 unspecified atom stereocenters. The summed E-state index contributed by atoms with van der Waals surface area (Å²) in [6, 6.07) is 10.7. The molecule has 0 bridgehead atoms. The number of carbonyl (C=O) groups is 3. The van der Waals surface area contributed by atoms with Crippen molar-refractivity contribution in [2.75, 3.05) is 29.6 Å². The molecule has 33 heavy (non-hydrogen) atoms. The van der Waals surface area contributed by atoms with Crippen LogP contribution in [0.15, 0.2) is 51.4 Å². The van der Waals surface area contributed by atoms with E-state index in [4.69, 9.17) is 9.15 Å². The molecule has 3 aromatic rings. The van der Waals surface area contributed by atoms with Gasteiger partial charge in [-0.25, -0.2) is 0 Å². The molecule has 3 heterocycles. The highest BCUT2D eigenvalue weighted by atomic mass is 32.2. The van der Waals surface area contributed by atoms with Gasteiger partial charge in [-0.15, -0.1) is 10.2 Å². The number of amides is 3. The third kappa shape index (κ3) is 5.90. The Morgan fingerprint density at radius 3 is 2.82 bits per heavy atom. The van der Waals surface area contributed by atoms with Crippen molar-refractivity contribution in [2.24, 2.45) is 5.92 Å². The first-order valence-electron chi connectivity index (χ1n) is 10.0. The number of ether oxygens (including phenoxy) is 1. The number of anilines is 2. The van der Waals surface area contributed by atoms with Crippen molar-refractivity contribution in [1.82, 2.24) is 15.5 Å². The molecule has 1 aliphatic rings. The normalized spacial score (nSPS) is 15.5. The molecule has 1 aromatic carbocycles. The molecule has 10 nitrogen and oxygen atoms in total. The predicted molar refractivity (Wildman–Crippen MR) is 123 cm³/mol. The number of furan rings is 1. The Morgan fingerprint density at radius 2 is 2.09 bits per heavy atom. The van der Waals surface area contributed by atoms with Crippen LogP contribution in [0.2, 0.25) is 0 Å². The molecule has 1 saturated heterocycles. The van der Waals surface area contributed by atoms with E-state index in [2.05, 4.69) is 20.8 Å². The van der Waals surface area contributed by atoms with Crippen LogP contribution in [0.4, 0.5) is 10.8 Å². The molecule has 3 amide bonds. The third-order valence-corrected chi connectivity index (χ3v) is 6.86. The Hall–Kier alpha value is -3.38. The lowest BCUT2D eigenvalue weighted by molar-refractivity contribution is -0.122. The van der Waals surface area contributed by atoms with Crippen molar-refractivity contribution in [3.8, 4) is 5.75 Å². The number of hydrogen-bond donors (Lipinski definition) is 2.